The lowest BCUT2D eigenvalue weighted by atomic mass is 10.3. The largest absolute Gasteiger partial charge is 0.399 e. The molecular formula is C13H15N5. The van der Waals surface area contributed by atoms with E-state index in [0.29, 0.717) is 0 Å². The maximum atomic E-state index is 5.77. The number of anilines is 1. The molecule has 3 rings (SSSR count). The van der Waals surface area contributed by atoms with E-state index in [4.69, 9.17) is 5.73 Å². The fourth-order valence-electron chi connectivity index (χ4n) is 2.18. The first kappa shape index (κ1) is 10.8. The van der Waals surface area contributed by atoms with Crippen molar-refractivity contribution in [1.82, 2.24) is 19.3 Å². The second kappa shape index (κ2) is 3.87. The van der Waals surface area contributed by atoms with Crippen molar-refractivity contribution in [3.63, 3.8) is 0 Å². The van der Waals surface area contributed by atoms with E-state index >= 15 is 0 Å². The Kier molecular flexibility index (Phi) is 2.33. The number of hydrogen-bond donors (Lipinski definition) is 1. The van der Waals surface area contributed by atoms with Crippen LogP contribution in [0.4, 0.5) is 5.69 Å². The summed E-state index contributed by atoms with van der Waals surface area (Å²) in [5.74, 6) is 0.973. The molecule has 18 heavy (non-hydrogen) atoms. The molecule has 92 valence electrons. The van der Waals surface area contributed by atoms with Gasteiger partial charge in [0, 0.05) is 18.9 Å². The standard InChI is InChI=1S/C13H15N5/c1-9-15-12-7-10(14)3-4-13(12)18(9)8-11-5-6-17(2)16-11/h3-7H,8,14H2,1-2H3. The van der Waals surface area contributed by atoms with Crippen molar-refractivity contribution in [2.24, 2.45) is 7.05 Å². The predicted molar refractivity (Wildman–Crippen MR) is 71.2 cm³/mol. The number of nitrogens with two attached hydrogens (primary N) is 1. The topological polar surface area (TPSA) is 61.7 Å². The van der Waals surface area contributed by atoms with Gasteiger partial charge in [-0.15, -0.1) is 0 Å². The number of fused-ring (bicyclic) bond motifs is 1. The molecule has 2 N–H and O–H groups in total. The molecule has 2 aromatic heterocycles. The van der Waals surface area contributed by atoms with Crippen molar-refractivity contribution in [3.05, 3.63) is 42.0 Å². The zero-order valence-electron chi connectivity index (χ0n) is 10.5. The highest BCUT2D eigenvalue weighted by atomic mass is 15.3. The van der Waals surface area contributed by atoms with Crippen LogP contribution in [0, 0.1) is 6.92 Å². The second-order valence-corrected chi connectivity index (χ2v) is 4.47. The van der Waals surface area contributed by atoms with Gasteiger partial charge in [-0.1, -0.05) is 0 Å². The molecule has 0 saturated carbocycles. The summed E-state index contributed by atoms with van der Waals surface area (Å²) in [5, 5.41) is 4.39. The molecule has 0 amide bonds. The van der Waals surface area contributed by atoms with Crippen LogP contribution in [0.15, 0.2) is 30.5 Å². The average molecular weight is 241 g/mol. The lowest BCUT2D eigenvalue weighted by Gasteiger charge is -2.04. The number of aryl methyl sites for hydroxylation is 2. The minimum Gasteiger partial charge on any atom is -0.399 e. The van der Waals surface area contributed by atoms with Gasteiger partial charge < -0.3 is 10.3 Å². The van der Waals surface area contributed by atoms with Crippen LogP contribution >= 0.6 is 0 Å². The van der Waals surface area contributed by atoms with Gasteiger partial charge >= 0.3 is 0 Å². The van der Waals surface area contributed by atoms with Gasteiger partial charge in [-0.2, -0.15) is 5.10 Å². The van der Waals surface area contributed by atoms with Gasteiger partial charge in [0.1, 0.15) is 5.82 Å². The molecule has 5 nitrogen and oxygen atoms in total. The monoisotopic (exact) mass is 241 g/mol. The second-order valence-electron chi connectivity index (χ2n) is 4.47. The van der Waals surface area contributed by atoms with E-state index in [9.17, 15) is 0 Å². The van der Waals surface area contributed by atoms with E-state index in [0.717, 1.165) is 34.8 Å². The van der Waals surface area contributed by atoms with Crippen LogP contribution in [0.1, 0.15) is 11.5 Å². The average Bonchev–Trinajstić information content (AvgIpc) is 2.84. The lowest BCUT2D eigenvalue weighted by molar-refractivity contribution is 0.704. The van der Waals surface area contributed by atoms with E-state index in [-0.39, 0.29) is 0 Å². The van der Waals surface area contributed by atoms with Crippen LogP contribution in [-0.4, -0.2) is 19.3 Å². The van der Waals surface area contributed by atoms with Crippen molar-refractivity contribution < 1.29 is 0 Å². The van der Waals surface area contributed by atoms with Crippen molar-refractivity contribution in [2.75, 3.05) is 5.73 Å². The Hall–Kier alpha value is -2.30. The molecule has 5 heteroatoms. The van der Waals surface area contributed by atoms with Crippen LogP contribution in [0.25, 0.3) is 11.0 Å². The van der Waals surface area contributed by atoms with Crippen molar-refractivity contribution >= 4 is 16.7 Å². The molecule has 0 atom stereocenters. The van der Waals surface area contributed by atoms with E-state index in [1.165, 1.54) is 0 Å². The molecule has 0 saturated heterocycles. The molecule has 2 heterocycles. The van der Waals surface area contributed by atoms with Gasteiger partial charge in [-0.25, -0.2) is 4.98 Å². The number of hydrogen-bond acceptors (Lipinski definition) is 3. The molecule has 0 bridgehead atoms. The minimum atomic E-state index is 0.729. The van der Waals surface area contributed by atoms with Crippen LogP contribution in [0.3, 0.4) is 0 Å². The van der Waals surface area contributed by atoms with Crippen LogP contribution in [0.5, 0.6) is 0 Å². The van der Waals surface area contributed by atoms with Crippen LogP contribution in [-0.2, 0) is 13.6 Å². The maximum Gasteiger partial charge on any atom is 0.107 e. The first-order valence-corrected chi connectivity index (χ1v) is 5.84. The van der Waals surface area contributed by atoms with Gasteiger partial charge in [0.05, 0.1) is 23.3 Å². The Balaban J connectivity index is 2.08. The van der Waals surface area contributed by atoms with Gasteiger partial charge in [0.2, 0.25) is 0 Å². The Morgan fingerprint density at radius 2 is 2.11 bits per heavy atom. The summed E-state index contributed by atoms with van der Waals surface area (Å²) in [5.41, 5.74) is 9.56. The molecule has 0 spiro atoms. The minimum absolute atomic E-state index is 0.729. The highest BCUT2D eigenvalue weighted by molar-refractivity contribution is 5.79. The third-order valence-electron chi connectivity index (χ3n) is 3.05. The van der Waals surface area contributed by atoms with Crippen LogP contribution in [0.2, 0.25) is 0 Å². The zero-order valence-corrected chi connectivity index (χ0v) is 10.5. The summed E-state index contributed by atoms with van der Waals surface area (Å²) < 4.78 is 3.96. The Bertz CT molecular complexity index is 707. The molecule has 0 aliphatic rings. The van der Waals surface area contributed by atoms with Crippen molar-refractivity contribution in [3.8, 4) is 0 Å². The Morgan fingerprint density at radius 3 is 2.83 bits per heavy atom. The quantitative estimate of drug-likeness (QED) is 0.695. The van der Waals surface area contributed by atoms with E-state index in [2.05, 4.69) is 14.6 Å². The summed E-state index contributed by atoms with van der Waals surface area (Å²) in [6, 6.07) is 7.83. The molecule has 3 aromatic rings. The highest BCUT2D eigenvalue weighted by Crippen LogP contribution is 2.19. The van der Waals surface area contributed by atoms with E-state index in [1.807, 2.05) is 49.1 Å². The number of benzene rings is 1. The third-order valence-corrected chi connectivity index (χ3v) is 3.05. The fraction of sp³-hybridized carbons (Fsp3) is 0.231. The number of nitrogen functional groups attached to an aromatic ring is 1. The number of aromatic nitrogens is 4. The summed E-state index contributed by atoms with van der Waals surface area (Å²) in [6.45, 7) is 2.73. The SMILES string of the molecule is Cc1nc2cc(N)ccc2n1Cc1ccn(C)n1. The maximum absolute atomic E-state index is 5.77. The van der Waals surface area contributed by atoms with E-state index < -0.39 is 0 Å². The highest BCUT2D eigenvalue weighted by Gasteiger charge is 2.09. The van der Waals surface area contributed by atoms with Gasteiger partial charge in [0.25, 0.3) is 0 Å². The molecule has 0 radical (unpaired) electrons. The van der Waals surface area contributed by atoms with Gasteiger partial charge in [0.15, 0.2) is 0 Å². The van der Waals surface area contributed by atoms with Crippen molar-refractivity contribution in [2.45, 2.75) is 13.5 Å². The van der Waals surface area contributed by atoms with Gasteiger partial charge in [-0.3, -0.25) is 4.68 Å². The Morgan fingerprint density at radius 1 is 1.28 bits per heavy atom. The smallest absolute Gasteiger partial charge is 0.107 e. The number of rotatable bonds is 2. The first-order valence-electron chi connectivity index (χ1n) is 5.84. The van der Waals surface area contributed by atoms with E-state index in [1.54, 1.807) is 0 Å². The molecule has 0 unspecified atom stereocenters. The Labute approximate surface area is 105 Å². The summed E-state index contributed by atoms with van der Waals surface area (Å²) in [6.07, 6.45) is 1.95. The predicted octanol–water partition coefficient (Wildman–Crippen LogP) is 1.71. The summed E-state index contributed by atoms with van der Waals surface area (Å²) >= 11 is 0. The summed E-state index contributed by atoms with van der Waals surface area (Å²) in [7, 11) is 1.92. The van der Waals surface area contributed by atoms with Crippen molar-refractivity contribution in [1.29, 1.82) is 0 Å². The molecule has 0 aliphatic carbocycles. The molecular weight excluding hydrogens is 226 g/mol. The third kappa shape index (κ3) is 1.73. The number of nitrogens with zero attached hydrogens (tertiary/aromatic N) is 4. The fourth-order valence-corrected chi connectivity index (χ4v) is 2.18. The lowest BCUT2D eigenvalue weighted by Crippen LogP contribution is -2.03. The summed E-state index contributed by atoms with van der Waals surface area (Å²) in [4.78, 5) is 4.53. The first-order chi connectivity index (χ1) is 8.63. The normalized spacial score (nSPS) is 11.2. The number of imidazole rings is 1. The zero-order chi connectivity index (χ0) is 12.7. The molecule has 1 aromatic carbocycles. The van der Waals surface area contributed by atoms with Crippen LogP contribution < -0.4 is 5.73 Å². The molecule has 0 aliphatic heterocycles. The van der Waals surface area contributed by atoms with Gasteiger partial charge in [-0.05, 0) is 31.2 Å². The molecule has 0 fully saturated rings.